The smallest absolute Gasteiger partial charge is 0.168 e. The van der Waals surface area contributed by atoms with Gasteiger partial charge in [-0.2, -0.15) is 5.10 Å². The van der Waals surface area contributed by atoms with Crippen LogP contribution in [0.3, 0.4) is 0 Å². The van der Waals surface area contributed by atoms with Crippen molar-refractivity contribution in [2.45, 2.75) is 25.2 Å². The number of aryl methyl sites for hydroxylation is 1. The number of hydrogen-bond acceptors (Lipinski definition) is 3. The van der Waals surface area contributed by atoms with Crippen molar-refractivity contribution in [3.8, 4) is 5.75 Å². The van der Waals surface area contributed by atoms with Crippen molar-refractivity contribution in [3.05, 3.63) is 47.5 Å². The van der Waals surface area contributed by atoms with Gasteiger partial charge in [-0.25, -0.2) is 4.39 Å². The minimum absolute atomic E-state index is 0.191. The summed E-state index contributed by atoms with van der Waals surface area (Å²) in [5.41, 5.74) is 2.06. The molecule has 0 bridgehead atoms. The number of halogens is 1. The molecule has 2 heterocycles. The predicted molar refractivity (Wildman–Crippen MR) is 88.3 cm³/mol. The summed E-state index contributed by atoms with van der Waals surface area (Å²) in [5.74, 6) is 0.447. The molecule has 0 spiro atoms. The molecule has 1 fully saturated rings. The third-order valence-corrected chi connectivity index (χ3v) is 4.85. The SMILES string of the molecule is COc1cccc(C2CCN(CCc3ccnn3C)CC2)c1F. The standard InChI is InChI=1S/C18H24FN3O/c1-21-15(6-10-20-21)9-13-22-11-7-14(8-12-22)16-4-3-5-17(23-2)18(16)19/h3-6,10,14H,7-9,11-13H2,1-2H3. The van der Waals surface area contributed by atoms with E-state index in [4.69, 9.17) is 4.74 Å². The molecule has 1 aliphatic heterocycles. The van der Waals surface area contributed by atoms with Crippen LogP contribution in [0.4, 0.5) is 4.39 Å². The van der Waals surface area contributed by atoms with Crippen LogP contribution in [0.25, 0.3) is 0 Å². The van der Waals surface area contributed by atoms with Gasteiger partial charge in [0.1, 0.15) is 0 Å². The highest BCUT2D eigenvalue weighted by Crippen LogP contribution is 2.33. The maximum atomic E-state index is 14.4. The highest BCUT2D eigenvalue weighted by Gasteiger charge is 2.24. The van der Waals surface area contributed by atoms with Crippen LogP contribution in [-0.2, 0) is 13.5 Å². The van der Waals surface area contributed by atoms with Gasteiger partial charge in [0.15, 0.2) is 11.6 Å². The molecule has 1 saturated heterocycles. The average Bonchev–Trinajstić information content (AvgIpc) is 2.99. The zero-order valence-electron chi connectivity index (χ0n) is 13.8. The maximum absolute atomic E-state index is 14.4. The van der Waals surface area contributed by atoms with Gasteiger partial charge >= 0.3 is 0 Å². The third-order valence-electron chi connectivity index (χ3n) is 4.85. The van der Waals surface area contributed by atoms with Crippen LogP contribution in [-0.4, -0.2) is 41.4 Å². The van der Waals surface area contributed by atoms with Gasteiger partial charge in [0.25, 0.3) is 0 Å². The molecule has 0 aliphatic carbocycles. The first-order chi connectivity index (χ1) is 11.2. The molecule has 0 atom stereocenters. The predicted octanol–water partition coefficient (Wildman–Crippen LogP) is 2.99. The van der Waals surface area contributed by atoms with E-state index in [1.165, 1.54) is 12.8 Å². The van der Waals surface area contributed by atoms with Crippen LogP contribution in [0.5, 0.6) is 5.75 Å². The number of piperidine rings is 1. The molecule has 0 N–H and O–H groups in total. The summed E-state index contributed by atoms with van der Waals surface area (Å²) in [6.45, 7) is 3.06. The van der Waals surface area contributed by atoms with Gasteiger partial charge in [0.05, 0.1) is 7.11 Å². The van der Waals surface area contributed by atoms with E-state index in [0.29, 0.717) is 5.75 Å². The zero-order chi connectivity index (χ0) is 16.2. The van der Waals surface area contributed by atoms with Gasteiger partial charge < -0.3 is 9.64 Å². The molecular formula is C18H24FN3O. The van der Waals surface area contributed by atoms with Gasteiger partial charge in [-0.05, 0) is 49.5 Å². The van der Waals surface area contributed by atoms with Crippen molar-refractivity contribution < 1.29 is 9.13 Å². The lowest BCUT2D eigenvalue weighted by Gasteiger charge is -2.32. The first-order valence-corrected chi connectivity index (χ1v) is 8.20. The van der Waals surface area contributed by atoms with Crippen LogP contribution in [0.15, 0.2) is 30.5 Å². The maximum Gasteiger partial charge on any atom is 0.168 e. The van der Waals surface area contributed by atoms with Crippen LogP contribution in [0.2, 0.25) is 0 Å². The number of ether oxygens (including phenoxy) is 1. The minimum Gasteiger partial charge on any atom is -0.494 e. The molecule has 124 valence electrons. The lowest BCUT2D eigenvalue weighted by atomic mass is 9.89. The number of likely N-dealkylation sites (tertiary alicyclic amines) is 1. The number of methoxy groups -OCH3 is 1. The first-order valence-electron chi connectivity index (χ1n) is 8.20. The highest BCUT2D eigenvalue weighted by atomic mass is 19.1. The van der Waals surface area contributed by atoms with Crippen molar-refractivity contribution in [3.63, 3.8) is 0 Å². The highest BCUT2D eigenvalue weighted by molar-refractivity contribution is 5.33. The summed E-state index contributed by atoms with van der Waals surface area (Å²) in [7, 11) is 3.50. The number of hydrogen-bond donors (Lipinski definition) is 0. The fourth-order valence-electron chi connectivity index (χ4n) is 3.39. The van der Waals surface area contributed by atoms with Crippen LogP contribution in [0, 0.1) is 5.82 Å². The minimum atomic E-state index is -0.191. The second-order valence-corrected chi connectivity index (χ2v) is 6.18. The van der Waals surface area contributed by atoms with E-state index in [2.05, 4.69) is 16.1 Å². The molecule has 3 rings (SSSR count). The Kier molecular flexibility index (Phi) is 4.96. The molecule has 0 unspecified atom stereocenters. The Morgan fingerprint density at radius 3 is 2.70 bits per heavy atom. The van der Waals surface area contributed by atoms with Gasteiger partial charge in [-0.3, -0.25) is 4.68 Å². The fourth-order valence-corrected chi connectivity index (χ4v) is 3.39. The molecule has 1 aromatic heterocycles. The zero-order valence-corrected chi connectivity index (χ0v) is 13.8. The first kappa shape index (κ1) is 16.0. The number of aromatic nitrogens is 2. The van der Waals surface area contributed by atoms with Gasteiger partial charge in [-0.1, -0.05) is 12.1 Å². The van der Waals surface area contributed by atoms with E-state index in [9.17, 15) is 4.39 Å². The molecule has 0 amide bonds. The molecule has 2 aromatic rings. The quantitative estimate of drug-likeness (QED) is 0.849. The van der Waals surface area contributed by atoms with Gasteiger partial charge in [-0.15, -0.1) is 0 Å². The number of benzene rings is 1. The van der Waals surface area contributed by atoms with Crippen molar-refractivity contribution in [1.82, 2.24) is 14.7 Å². The Balaban J connectivity index is 1.55. The van der Waals surface area contributed by atoms with E-state index in [-0.39, 0.29) is 11.7 Å². The Morgan fingerprint density at radius 1 is 1.26 bits per heavy atom. The van der Waals surface area contributed by atoms with Gasteiger partial charge in [0.2, 0.25) is 0 Å². The van der Waals surface area contributed by atoms with Gasteiger partial charge in [0, 0.05) is 31.9 Å². The van der Waals surface area contributed by atoms with Crippen molar-refractivity contribution >= 4 is 0 Å². The van der Waals surface area contributed by atoms with Crippen LogP contribution >= 0.6 is 0 Å². The molecule has 5 heteroatoms. The Labute approximate surface area is 136 Å². The molecule has 4 nitrogen and oxygen atoms in total. The summed E-state index contributed by atoms with van der Waals surface area (Å²) >= 11 is 0. The Morgan fingerprint density at radius 2 is 2.04 bits per heavy atom. The molecular weight excluding hydrogens is 293 g/mol. The lowest BCUT2D eigenvalue weighted by Crippen LogP contribution is -2.34. The topological polar surface area (TPSA) is 30.3 Å². The van der Waals surface area contributed by atoms with E-state index in [1.807, 2.05) is 30.1 Å². The largest absolute Gasteiger partial charge is 0.494 e. The van der Waals surface area contributed by atoms with Crippen LogP contribution in [0.1, 0.15) is 30.0 Å². The number of rotatable bonds is 5. The summed E-state index contributed by atoms with van der Waals surface area (Å²) in [4.78, 5) is 2.46. The lowest BCUT2D eigenvalue weighted by molar-refractivity contribution is 0.211. The molecule has 1 aliphatic rings. The van der Waals surface area contributed by atoms with E-state index >= 15 is 0 Å². The monoisotopic (exact) mass is 317 g/mol. The third kappa shape index (κ3) is 3.55. The molecule has 0 saturated carbocycles. The summed E-state index contributed by atoms with van der Waals surface area (Å²) < 4.78 is 21.4. The number of nitrogens with zero attached hydrogens (tertiary/aromatic N) is 3. The molecule has 1 aromatic carbocycles. The Hall–Kier alpha value is -1.88. The van der Waals surface area contributed by atoms with Crippen molar-refractivity contribution in [1.29, 1.82) is 0 Å². The summed E-state index contributed by atoms with van der Waals surface area (Å²) in [6, 6.07) is 7.53. The normalized spacial score (nSPS) is 16.7. The summed E-state index contributed by atoms with van der Waals surface area (Å²) in [6.07, 6.45) is 4.84. The summed E-state index contributed by atoms with van der Waals surface area (Å²) in [5, 5.41) is 4.20. The van der Waals surface area contributed by atoms with Crippen LogP contribution < -0.4 is 4.74 Å². The molecule has 23 heavy (non-hydrogen) atoms. The molecule has 0 radical (unpaired) electrons. The van der Waals surface area contributed by atoms with E-state index in [1.54, 1.807) is 6.07 Å². The van der Waals surface area contributed by atoms with Crippen molar-refractivity contribution in [2.24, 2.45) is 7.05 Å². The Bertz CT molecular complexity index is 647. The average molecular weight is 317 g/mol. The second-order valence-electron chi connectivity index (χ2n) is 6.18. The van der Waals surface area contributed by atoms with Crippen molar-refractivity contribution in [2.75, 3.05) is 26.7 Å². The fraction of sp³-hybridized carbons (Fsp3) is 0.500. The van der Waals surface area contributed by atoms with E-state index in [0.717, 1.165) is 44.5 Å². The second kappa shape index (κ2) is 7.13. The van der Waals surface area contributed by atoms with E-state index < -0.39 is 0 Å².